The van der Waals surface area contributed by atoms with Gasteiger partial charge in [0.25, 0.3) is 5.91 Å². The molecule has 1 aromatic heterocycles. The van der Waals surface area contributed by atoms with Crippen LogP contribution in [0.25, 0.3) is 11.3 Å². The van der Waals surface area contributed by atoms with E-state index in [2.05, 4.69) is 10.5 Å². The van der Waals surface area contributed by atoms with Crippen molar-refractivity contribution in [1.29, 1.82) is 0 Å². The van der Waals surface area contributed by atoms with Crippen molar-refractivity contribution in [2.24, 2.45) is 0 Å². The van der Waals surface area contributed by atoms with E-state index in [9.17, 15) is 9.59 Å². The van der Waals surface area contributed by atoms with Gasteiger partial charge in [-0.2, -0.15) is 0 Å². The molecule has 1 saturated heterocycles. The molecule has 0 bridgehead atoms. The second-order valence-corrected chi connectivity index (χ2v) is 8.64. The van der Waals surface area contributed by atoms with Gasteiger partial charge >= 0.3 is 0 Å². The number of amides is 2. The average Bonchev–Trinajstić information content (AvgIpc) is 3.47. The number of para-hydroxylation sites is 1. The van der Waals surface area contributed by atoms with Gasteiger partial charge in [0.05, 0.1) is 12.7 Å². The Bertz CT molecular complexity index is 1130. The van der Waals surface area contributed by atoms with Gasteiger partial charge in [-0.05, 0) is 38.8 Å². The predicted molar refractivity (Wildman–Crippen MR) is 125 cm³/mol. The van der Waals surface area contributed by atoms with Crippen LogP contribution in [0.15, 0.2) is 65.2 Å². The Hall–Kier alpha value is -3.61. The normalized spacial score (nSPS) is 17.9. The van der Waals surface area contributed by atoms with Gasteiger partial charge < -0.3 is 19.5 Å². The highest BCUT2D eigenvalue weighted by molar-refractivity contribution is 6.01. The van der Waals surface area contributed by atoms with Gasteiger partial charge in [0, 0.05) is 30.6 Å². The average molecular weight is 448 g/mol. The van der Waals surface area contributed by atoms with E-state index in [-0.39, 0.29) is 24.3 Å². The summed E-state index contributed by atoms with van der Waals surface area (Å²) in [5, 5.41) is 7.23. The zero-order valence-electron chi connectivity index (χ0n) is 19.2. The van der Waals surface area contributed by atoms with Crippen molar-refractivity contribution in [3.8, 4) is 17.0 Å². The molecule has 1 fully saturated rings. The topological polar surface area (TPSA) is 84.7 Å². The van der Waals surface area contributed by atoms with E-state index < -0.39 is 5.54 Å². The van der Waals surface area contributed by atoms with Crippen LogP contribution >= 0.6 is 0 Å². The molecule has 1 aliphatic rings. The maximum Gasteiger partial charge on any atom is 0.258 e. The highest BCUT2D eigenvalue weighted by Crippen LogP contribution is 2.36. The highest BCUT2D eigenvalue weighted by atomic mass is 16.5. The Morgan fingerprint density at radius 1 is 1.15 bits per heavy atom. The zero-order chi connectivity index (χ0) is 23.4. The number of carbonyl (C=O) groups excluding carboxylic acids is 2. The van der Waals surface area contributed by atoms with Crippen molar-refractivity contribution in [3.05, 3.63) is 72.0 Å². The lowest BCUT2D eigenvalue weighted by Crippen LogP contribution is -2.59. The first-order chi connectivity index (χ1) is 15.9. The maximum absolute atomic E-state index is 13.7. The summed E-state index contributed by atoms with van der Waals surface area (Å²) in [7, 11) is 1.54. The quantitative estimate of drug-likeness (QED) is 0.590. The SMILES string of the molecule is COc1ccccc1C(=O)N1CCCC1(Cc1cc(-c2ccccc2)no1)C(=O)NC(C)C. The second-order valence-electron chi connectivity index (χ2n) is 8.64. The number of benzene rings is 2. The lowest BCUT2D eigenvalue weighted by Gasteiger charge is -2.37. The van der Waals surface area contributed by atoms with Gasteiger partial charge in [-0.3, -0.25) is 9.59 Å². The van der Waals surface area contributed by atoms with Crippen molar-refractivity contribution >= 4 is 11.8 Å². The molecule has 4 rings (SSSR count). The number of hydrogen-bond acceptors (Lipinski definition) is 5. The number of rotatable bonds is 7. The van der Waals surface area contributed by atoms with Crippen LogP contribution in [0.5, 0.6) is 5.75 Å². The van der Waals surface area contributed by atoms with Crippen LogP contribution in [0, 0.1) is 0 Å². The van der Waals surface area contributed by atoms with Crippen molar-refractivity contribution in [3.63, 3.8) is 0 Å². The number of carbonyl (C=O) groups is 2. The van der Waals surface area contributed by atoms with Crippen molar-refractivity contribution in [2.75, 3.05) is 13.7 Å². The maximum atomic E-state index is 13.7. The minimum atomic E-state index is -1.07. The van der Waals surface area contributed by atoms with Crippen LogP contribution in [0.4, 0.5) is 0 Å². The molecule has 2 heterocycles. The molecule has 2 aromatic carbocycles. The summed E-state index contributed by atoms with van der Waals surface area (Å²) in [6, 6.07) is 18.6. The summed E-state index contributed by atoms with van der Waals surface area (Å²) in [5.41, 5.74) is 0.994. The van der Waals surface area contributed by atoms with Crippen molar-refractivity contribution < 1.29 is 18.8 Å². The molecular weight excluding hydrogens is 418 g/mol. The summed E-state index contributed by atoms with van der Waals surface area (Å²) in [6.07, 6.45) is 1.49. The minimum absolute atomic E-state index is 0.0622. The first-order valence-electron chi connectivity index (χ1n) is 11.2. The number of ether oxygens (including phenoxy) is 1. The fourth-order valence-electron chi connectivity index (χ4n) is 4.47. The first-order valence-corrected chi connectivity index (χ1v) is 11.2. The van der Waals surface area contributed by atoms with Gasteiger partial charge in [-0.1, -0.05) is 47.6 Å². The summed E-state index contributed by atoms with van der Waals surface area (Å²) >= 11 is 0. The van der Waals surface area contributed by atoms with E-state index in [4.69, 9.17) is 9.26 Å². The molecule has 3 aromatic rings. The number of aromatic nitrogens is 1. The first kappa shape index (κ1) is 22.6. The monoisotopic (exact) mass is 447 g/mol. The largest absolute Gasteiger partial charge is 0.496 e. The third-order valence-electron chi connectivity index (χ3n) is 6.01. The van der Waals surface area contributed by atoms with Gasteiger partial charge in [0.15, 0.2) is 0 Å². The Labute approximate surface area is 193 Å². The number of hydrogen-bond donors (Lipinski definition) is 1. The molecule has 1 unspecified atom stereocenters. The van der Waals surface area contributed by atoms with E-state index in [1.165, 1.54) is 7.11 Å². The summed E-state index contributed by atoms with van der Waals surface area (Å²) in [5.74, 6) is 0.633. The number of nitrogens with zero attached hydrogens (tertiary/aromatic N) is 2. The minimum Gasteiger partial charge on any atom is -0.496 e. The van der Waals surface area contributed by atoms with Gasteiger partial charge in [0.2, 0.25) is 5.91 Å². The Morgan fingerprint density at radius 3 is 2.61 bits per heavy atom. The van der Waals surface area contributed by atoms with Crippen LogP contribution in [-0.2, 0) is 11.2 Å². The van der Waals surface area contributed by atoms with Gasteiger partial charge in [-0.15, -0.1) is 0 Å². The van der Waals surface area contributed by atoms with E-state index in [0.717, 1.165) is 5.56 Å². The fourth-order valence-corrected chi connectivity index (χ4v) is 4.47. The van der Waals surface area contributed by atoms with Crippen LogP contribution < -0.4 is 10.1 Å². The molecular formula is C26H29N3O4. The molecule has 7 nitrogen and oxygen atoms in total. The molecule has 7 heteroatoms. The molecule has 2 amide bonds. The lowest BCUT2D eigenvalue weighted by molar-refractivity contribution is -0.131. The molecule has 1 N–H and O–H groups in total. The molecule has 0 spiro atoms. The fraction of sp³-hybridized carbons (Fsp3) is 0.346. The molecule has 1 aliphatic heterocycles. The van der Waals surface area contributed by atoms with Crippen LogP contribution in [0.1, 0.15) is 42.8 Å². The number of likely N-dealkylation sites (tertiary alicyclic amines) is 1. The van der Waals surface area contributed by atoms with E-state index in [0.29, 0.717) is 42.2 Å². The third-order valence-corrected chi connectivity index (χ3v) is 6.01. The van der Waals surface area contributed by atoms with E-state index in [1.807, 2.05) is 56.3 Å². The zero-order valence-corrected chi connectivity index (χ0v) is 19.2. The van der Waals surface area contributed by atoms with Crippen molar-refractivity contribution in [1.82, 2.24) is 15.4 Å². The molecule has 0 radical (unpaired) electrons. The smallest absolute Gasteiger partial charge is 0.258 e. The number of methoxy groups -OCH3 is 1. The van der Waals surface area contributed by atoms with E-state index in [1.54, 1.807) is 23.1 Å². The second kappa shape index (κ2) is 9.48. The Morgan fingerprint density at radius 2 is 1.88 bits per heavy atom. The summed E-state index contributed by atoms with van der Waals surface area (Å²) in [6.45, 7) is 4.30. The molecule has 33 heavy (non-hydrogen) atoms. The van der Waals surface area contributed by atoms with Crippen LogP contribution in [-0.4, -0.2) is 47.1 Å². The highest BCUT2D eigenvalue weighted by Gasteiger charge is 2.51. The Kier molecular flexibility index (Phi) is 6.49. The van der Waals surface area contributed by atoms with Gasteiger partial charge in [0.1, 0.15) is 22.7 Å². The molecule has 0 saturated carbocycles. The standard InChI is InChI=1S/C26H29N3O4/c1-18(2)27-25(31)26(17-20-16-22(28-33-20)19-10-5-4-6-11-19)14-9-15-29(26)24(30)21-12-7-8-13-23(21)32-3/h4-8,10-13,16,18H,9,14-15,17H2,1-3H3,(H,27,31). The molecule has 172 valence electrons. The lowest BCUT2D eigenvalue weighted by atomic mass is 9.88. The summed E-state index contributed by atoms with van der Waals surface area (Å²) < 4.78 is 11.1. The van der Waals surface area contributed by atoms with Crippen LogP contribution in [0.2, 0.25) is 0 Å². The third kappa shape index (κ3) is 4.49. The van der Waals surface area contributed by atoms with Gasteiger partial charge in [-0.25, -0.2) is 0 Å². The van der Waals surface area contributed by atoms with Crippen molar-refractivity contribution in [2.45, 2.75) is 44.7 Å². The predicted octanol–water partition coefficient (Wildman–Crippen LogP) is 4.09. The van der Waals surface area contributed by atoms with Crippen LogP contribution in [0.3, 0.4) is 0 Å². The number of nitrogens with one attached hydrogen (secondary N) is 1. The molecule has 0 aliphatic carbocycles. The van der Waals surface area contributed by atoms with E-state index >= 15 is 0 Å². The Balaban J connectivity index is 1.70. The molecule has 1 atom stereocenters. The summed E-state index contributed by atoms with van der Waals surface area (Å²) in [4.78, 5) is 28.9.